The Morgan fingerprint density at radius 1 is 1.63 bits per heavy atom. The first-order valence-corrected chi connectivity index (χ1v) is 6.70. The topological polar surface area (TPSA) is 82.6 Å². The third-order valence-corrected chi connectivity index (χ3v) is 3.72. The fourth-order valence-electron chi connectivity index (χ4n) is 2.37. The summed E-state index contributed by atoms with van der Waals surface area (Å²) in [5, 5.41) is 8.53. The lowest BCUT2D eigenvalue weighted by molar-refractivity contribution is -0.132. The van der Waals surface area contributed by atoms with Gasteiger partial charge in [-0.15, -0.1) is 0 Å². The molecule has 108 valence electrons. The number of rotatable bonds is 6. The van der Waals surface area contributed by atoms with E-state index in [4.69, 9.17) is 15.7 Å². The molecule has 1 amide bonds. The molecule has 1 fully saturated rings. The van der Waals surface area contributed by atoms with Crippen LogP contribution in [0.3, 0.4) is 0 Å². The van der Waals surface area contributed by atoms with E-state index in [1.54, 1.807) is 19.1 Å². The molecule has 2 atom stereocenters. The summed E-state index contributed by atoms with van der Waals surface area (Å²) in [7, 11) is 3.45. The van der Waals surface area contributed by atoms with Crippen LogP contribution in [-0.2, 0) is 9.53 Å². The number of ether oxygens (including phenoxy) is 1. The van der Waals surface area contributed by atoms with E-state index in [9.17, 15) is 4.79 Å². The number of likely N-dealkylation sites (tertiary alicyclic amines) is 1. The number of hydrogen-bond donors (Lipinski definition) is 1. The smallest absolute Gasteiger partial charge is 0.236 e. The molecule has 6 nitrogen and oxygen atoms in total. The molecular weight excluding hydrogens is 244 g/mol. The Hall–Kier alpha value is -1.16. The Labute approximate surface area is 115 Å². The molecule has 1 rings (SSSR count). The van der Waals surface area contributed by atoms with Crippen molar-refractivity contribution in [1.29, 1.82) is 5.26 Å². The van der Waals surface area contributed by atoms with Crippen LogP contribution in [0.15, 0.2) is 0 Å². The van der Waals surface area contributed by atoms with Gasteiger partial charge in [0.25, 0.3) is 0 Å². The third kappa shape index (κ3) is 4.78. The molecule has 2 N–H and O–H groups in total. The van der Waals surface area contributed by atoms with E-state index in [1.165, 1.54) is 0 Å². The number of nitrogens with two attached hydrogens (primary N) is 1. The Morgan fingerprint density at radius 3 is 2.95 bits per heavy atom. The number of nitrogens with zero attached hydrogens (tertiary/aromatic N) is 3. The van der Waals surface area contributed by atoms with Crippen molar-refractivity contribution in [1.82, 2.24) is 9.80 Å². The van der Waals surface area contributed by atoms with Crippen LogP contribution in [0.1, 0.15) is 19.3 Å². The van der Waals surface area contributed by atoms with Gasteiger partial charge in [0.1, 0.15) is 0 Å². The van der Waals surface area contributed by atoms with Gasteiger partial charge < -0.3 is 15.4 Å². The minimum absolute atomic E-state index is 0.0459. The zero-order valence-corrected chi connectivity index (χ0v) is 11.8. The fourth-order valence-corrected chi connectivity index (χ4v) is 2.37. The van der Waals surface area contributed by atoms with E-state index in [1.807, 2.05) is 6.07 Å². The van der Waals surface area contributed by atoms with Crippen molar-refractivity contribution >= 4 is 5.91 Å². The molecular formula is C13H24N4O2. The van der Waals surface area contributed by atoms with Gasteiger partial charge in [0, 0.05) is 39.8 Å². The molecule has 0 aromatic heterocycles. The van der Waals surface area contributed by atoms with Gasteiger partial charge >= 0.3 is 0 Å². The molecule has 6 heteroatoms. The zero-order chi connectivity index (χ0) is 14.3. The van der Waals surface area contributed by atoms with E-state index in [-0.39, 0.29) is 18.1 Å². The first kappa shape index (κ1) is 15.9. The van der Waals surface area contributed by atoms with Crippen LogP contribution < -0.4 is 5.73 Å². The average molecular weight is 268 g/mol. The molecule has 1 aliphatic rings. The minimum Gasteiger partial charge on any atom is -0.381 e. The summed E-state index contributed by atoms with van der Waals surface area (Å²) in [6.07, 6.45) is 2.43. The van der Waals surface area contributed by atoms with Crippen LogP contribution in [0.5, 0.6) is 0 Å². The molecule has 0 aromatic rings. The van der Waals surface area contributed by atoms with Gasteiger partial charge in [-0.25, -0.2) is 0 Å². The molecule has 1 saturated heterocycles. The maximum absolute atomic E-state index is 12.0. The van der Waals surface area contributed by atoms with Gasteiger partial charge in [0.05, 0.1) is 25.1 Å². The molecule has 0 aromatic carbocycles. The summed E-state index contributed by atoms with van der Waals surface area (Å²) in [6.45, 7) is 2.23. The van der Waals surface area contributed by atoms with Crippen LogP contribution in [-0.4, -0.2) is 68.2 Å². The monoisotopic (exact) mass is 268 g/mol. The number of nitriles is 1. The van der Waals surface area contributed by atoms with Gasteiger partial charge in [-0.05, 0) is 12.8 Å². The zero-order valence-electron chi connectivity index (χ0n) is 11.8. The fraction of sp³-hybridized carbons (Fsp3) is 0.846. The number of hydrogen-bond acceptors (Lipinski definition) is 5. The number of amides is 1. The van der Waals surface area contributed by atoms with Gasteiger partial charge in [-0.1, -0.05) is 0 Å². The second-order valence-corrected chi connectivity index (χ2v) is 4.97. The van der Waals surface area contributed by atoms with Crippen molar-refractivity contribution in [3.05, 3.63) is 0 Å². The van der Waals surface area contributed by atoms with E-state index in [0.29, 0.717) is 26.1 Å². The Balaban J connectivity index is 2.46. The van der Waals surface area contributed by atoms with Crippen molar-refractivity contribution in [3.63, 3.8) is 0 Å². The molecule has 0 radical (unpaired) electrons. The second-order valence-electron chi connectivity index (χ2n) is 4.97. The van der Waals surface area contributed by atoms with Crippen molar-refractivity contribution in [2.75, 3.05) is 40.3 Å². The van der Waals surface area contributed by atoms with Crippen molar-refractivity contribution < 1.29 is 9.53 Å². The van der Waals surface area contributed by atoms with Crippen molar-refractivity contribution in [2.45, 2.75) is 31.4 Å². The van der Waals surface area contributed by atoms with Crippen LogP contribution >= 0.6 is 0 Å². The SMILES string of the molecule is COC1CCN(CC(=O)N(C)CCC#N)C(CN)C1. The second kappa shape index (κ2) is 8.10. The molecule has 2 unspecified atom stereocenters. The minimum atomic E-state index is 0.0459. The quantitative estimate of drug-likeness (QED) is 0.721. The van der Waals surface area contributed by atoms with Gasteiger partial charge in [0.2, 0.25) is 5.91 Å². The summed E-state index contributed by atoms with van der Waals surface area (Å²) in [4.78, 5) is 15.8. The first-order chi connectivity index (χ1) is 9.12. The summed E-state index contributed by atoms with van der Waals surface area (Å²) < 4.78 is 5.36. The lowest BCUT2D eigenvalue weighted by Crippen LogP contribution is -2.52. The number of methoxy groups -OCH3 is 1. The van der Waals surface area contributed by atoms with E-state index >= 15 is 0 Å². The van der Waals surface area contributed by atoms with Gasteiger partial charge in [-0.3, -0.25) is 9.69 Å². The van der Waals surface area contributed by atoms with Crippen molar-refractivity contribution in [2.24, 2.45) is 5.73 Å². The first-order valence-electron chi connectivity index (χ1n) is 6.70. The van der Waals surface area contributed by atoms with Crippen LogP contribution in [0, 0.1) is 11.3 Å². The third-order valence-electron chi connectivity index (χ3n) is 3.72. The largest absolute Gasteiger partial charge is 0.381 e. The van der Waals surface area contributed by atoms with Gasteiger partial charge in [0.15, 0.2) is 0 Å². The summed E-state index contributed by atoms with van der Waals surface area (Å²) >= 11 is 0. The highest BCUT2D eigenvalue weighted by atomic mass is 16.5. The standard InChI is InChI=1S/C13H24N4O2/c1-16(6-3-5-14)13(18)10-17-7-4-12(19-2)8-11(17)9-15/h11-12H,3-4,6-10,15H2,1-2H3. The molecule has 0 bridgehead atoms. The van der Waals surface area contributed by atoms with Crippen LogP contribution in [0.2, 0.25) is 0 Å². The highest BCUT2D eigenvalue weighted by Gasteiger charge is 2.29. The highest BCUT2D eigenvalue weighted by molar-refractivity contribution is 5.78. The predicted molar refractivity (Wildman–Crippen MR) is 72.3 cm³/mol. The molecule has 0 saturated carbocycles. The van der Waals surface area contributed by atoms with Crippen LogP contribution in [0.25, 0.3) is 0 Å². The number of piperidine rings is 1. The number of carbonyl (C=O) groups is 1. The molecule has 0 spiro atoms. The summed E-state index contributed by atoms with van der Waals surface area (Å²) in [5.74, 6) is 0.0459. The molecule has 1 heterocycles. The maximum Gasteiger partial charge on any atom is 0.236 e. The summed E-state index contributed by atoms with van der Waals surface area (Å²) in [6, 6.07) is 2.25. The Kier molecular flexibility index (Phi) is 6.78. The van der Waals surface area contributed by atoms with Crippen LogP contribution in [0.4, 0.5) is 0 Å². The van der Waals surface area contributed by atoms with Crippen molar-refractivity contribution in [3.8, 4) is 6.07 Å². The lowest BCUT2D eigenvalue weighted by atomic mass is 9.99. The average Bonchev–Trinajstić information content (AvgIpc) is 2.44. The lowest BCUT2D eigenvalue weighted by Gasteiger charge is -2.38. The predicted octanol–water partition coefficient (Wildman–Crippen LogP) is -0.203. The number of carbonyl (C=O) groups excluding carboxylic acids is 1. The molecule has 19 heavy (non-hydrogen) atoms. The normalized spacial score (nSPS) is 23.9. The van der Waals surface area contributed by atoms with E-state index < -0.39 is 0 Å². The molecule has 1 aliphatic heterocycles. The van der Waals surface area contributed by atoms with E-state index in [0.717, 1.165) is 19.4 Å². The van der Waals surface area contributed by atoms with Gasteiger partial charge in [-0.2, -0.15) is 5.26 Å². The summed E-state index contributed by atoms with van der Waals surface area (Å²) in [5.41, 5.74) is 5.78. The number of likely N-dealkylation sites (N-methyl/N-ethyl adjacent to an activating group) is 1. The Bertz CT molecular complexity index is 329. The van der Waals surface area contributed by atoms with E-state index in [2.05, 4.69) is 4.90 Å². The highest BCUT2D eigenvalue weighted by Crippen LogP contribution is 2.18. The molecule has 0 aliphatic carbocycles. The Morgan fingerprint density at radius 2 is 2.37 bits per heavy atom. The maximum atomic E-state index is 12.0.